The topological polar surface area (TPSA) is 79.3 Å². The van der Waals surface area contributed by atoms with Crippen LogP contribution in [-0.2, 0) is 17.9 Å². The Bertz CT molecular complexity index is 620. The fourth-order valence-corrected chi connectivity index (χ4v) is 3.27. The van der Waals surface area contributed by atoms with Gasteiger partial charge < -0.3 is 15.5 Å². The minimum Gasteiger partial charge on any atom is -0.338 e. The van der Waals surface area contributed by atoms with Crippen LogP contribution in [0.4, 0.5) is 4.79 Å². The smallest absolute Gasteiger partial charge is 0.315 e. The molecule has 0 radical (unpaired) electrons. The molecule has 1 aromatic rings. The predicted octanol–water partition coefficient (Wildman–Crippen LogP) is 1.08. The maximum Gasteiger partial charge on any atom is 0.315 e. The normalized spacial score (nSPS) is 20.9. The second-order valence-corrected chi connectivity index (χ2v) is 6.47. The van der Waals surface area contributed by atoms with Crippen molar-refractivity contribution in [2.24, 2.45) is 0 Å². The Morgan fingerprint density at radius 1 is 1.35 bits per heavy atom. The highest BCUT2D eigenvalue weighted by Gasteiger charge is 2.39. The molecule has 23 heavy (non-hydrogen) atoms. The molecule has 2 heterocycles. The van der Waals surface area contributed by atoms with E-state index in [4.69, 9.17) is 0 Å². The van der Waals surface area contributed by atoms with Crippen LogP contribution in [0.15, 0.2) is 0 Å². The molecule has 1 aliphatic carbocycles. The summed E-state index contributed by atoms with van der Waals surface area (Å²) in [6.45, 7) is 7.93. The Morgan fingerprint density at radius 3 is 2.70 bits per heavy atom. The van der Waals surface area contributed by atoms with Crippen molar-refractivity contribution in [3.8, 4) is 0 Å². The van der Waals surface area contributed by atoms with Gasteiger partial charge in [0.05, 0.1) is 11.7 Å². The largest absolute Gasteiger partial charge is 0.338 e. The molecule has 1 aliphatic heterocycles. The molecule has 0 bridgehead atoms. The van der Waals surface area contributed by atoms with Gasteiger partial charge in [-0.15, -0.1) is 0 Å². The highest BCUT2D eigenvalue weighted by molar-refractivity contribution is 5.82. The number of nitrogens with zero attached hydrogens (tertiary/aromatic N) is 3. The van der Waals surface area contributed by atoms with E-state index >= 15 is 0 Å². The maximum absolute atomic E-state index is 12.1. The molecule has 7 heteroatoms. The number of hydrogen-bond donors (Lipinski definition) is 2. The van der Waals surface area contributed by atoms with Gasteiger partial charge in [0.1, 0.15) is 0 Å². The van der Waals surface area contributed by atoms with Crippen LogP contribution in [-0.4, -0.2) is 45.2 Å². The van der Waals surface area contributed by atoms with Gasteiger partial charge in [0, 0.05) is 43.4 Å². The highest BCUT2D eigenvalue weighted by atomic mass is 16.2. The van der Waals surface area contributed by atoms with Crippen molar-refractivity contribution in [2.75, 3.05) is 6.54 Å². The molecular formula is C16H25N5O2. The van der Waals surface area contributed by atoms with Crippen LogP contribution < -0.4 is 10.6 Å². The van der Waals surface area contributed by atoms with Crippen molar-refractivity contribution in [3.05, 3.63) is 17.0 Å². The van der Waals surface area contributed by atoms with Gasteiger partial charge in [0.25, 0.3) is 0 Å². The molecule has 0 aromatic carbocycles. The Labute approximate surface area is 136 Å². The average Bonchev–Trinajstić information content (AvgIpc) is 3.23. The van der Waals surface area contributed by atoms with Gasteiger partial charge in [-0.2, -0.15) is 5.10 Å². The predicted molar refractivity (Wildman–Crippen MR) is 85.9 cm³/mol. The van der Waals surface area contributed by atoms with E-state index in [-0.39, 0.29) is 18.0 Å². The van der Waals surface area contributed by atoms with E-state index in [2.05, 4.69) is 15.7 Å². The Balaban J connectivity index is 1.50. The lowest BCUT2D eigenvalue weighted by atomic mass is 10.2. The molecule has 2 fully saturated rings. The highest BCUT2D eigenvalue weighted by Crippen LogP contribution is 2.30. The standard InChI is InChI=1S/C16H25N5O2/c1-4-21-11(3)14(10(2)19-21)8-17-16(23)18-12-7-15(22)20(9-12)13-5-6-13/h12-13H,4-9H2,1-3H3,(H2,17,18,23)/t12-/m0/s1. The lowest BCUT2D eigenvalue weighted by Crippen LogP contribution is -2.43. The molecule has 1 saturated carbocycles. The van der Waals surface area contributed by atoms with Crippen molar-refractivity contribution in [1.29, 1.82) is 0 Å². The summed E-state index contributed by atoms with van der Waals surface area (Å²) >= 11 is 0. The van der Waals surface area contributed by atoms with Crippen LogP contribution >= 0.6 is 0 Å². The summed E-state index contributed by atoms with van der Waals surface area (Å²) in [5.41, 5.74) is 3.09. The lowest BCUT2D eigenvalue weighted by Gasteiger charge is -2.16. The Hall–Kier alpha value is -2.05. The summed E-state index contributed by atoms with van der Waals surface area (Å²) in [5.74, 6) is 0.161. The van der Waals surface area contributed by atoms with E-state index in [0.29, 0.717) is 25.6 Å². The molecule has 3 rings (SSSR count). The second-order valence-electron chi connectivity index (χ2n) is 6.47. The first-order valence-electron chi connectivity index (χ1n) is 8.36. The number of hydrogen-bond acceptors (Lipinski definition) is 3. The summed E-state index contributed by atoms with van der Waals surface area (Å²) in [4.78, 5) is 25.9. The van der Waals surface area contributed by atoms with Crippen LogP contribution in [0, 0.1) is 13.8 Å². The maximum atomic E-state index is 12.1. The van der Waals surface area contributed by atoms with Crippen molar-refractivity contribution in [1.82, 2.24) is 25.3 Å². The number of urea groups is 1. The molecule has 126 valence electrons. The van der Waals surface area contributed by atoms with Crippen LogP contribution in [0.25, 0.3) is 0 Å². The molecule has 2 N–H and O–H groups in total. The van der Waals surface area contributed by atoms with Crippen molar-refractivity contribution in [3.63, 3.8) is 0 Å². The number of carbonyl (C=O) groups is 2. The summed E-state index contributed by atoms with van der Waals surface area (Å²) in [7, 11) is 0. The van der Waals surface area contributed by atoms with Gasteiger partial charge in [0.2, 0.25) is 5.91 Å². The SMILES string of the molecule is CCn1nc(C)c(CNC(=O)N[C@H]2CC(=O)N(C3CC3)C2)c1C. The van der Waals surface area contributed by atoms with Gasteiger partial charge in [0.15, 0.2) is 0 Å². The lowest BCUT2D eigenvalue weighted by molar-refractivity contribution is -0.128. The van der Waals surface area contributed by atoms with Gasteiger partial charge >= 0.3 is 6.03 Å². The van der Waals surface area contributed by atoms with E-state index in [1.807, 2.05) is 30.4 Å². The first kappa shape index (κ1) is 15.8. The van der Waals surface area contributed by atoms with E-state index in [0.717, 1.165) is 36.3 Å². The van der Waals surface area contributed by atoms with Gasteiger partial charge in [-0.1, -0.05) is 0 Å². The van der Waals surface area contributed by atoms with E-state index in [9.17, 15) is 9.59 Å². The zero-order chi connectivity index (χ0) is 16.6. The molecule has 0 unspecified atom stereocenters. The fraction of sp³-hybridized carbons (Fsp3) is 0.688. The number of carbonyl (C=O) groups excluding carboxylic acids is 2. The molecule has 1 saturated heterocycles. The van der Waals surface area contributed by atoms with Gasteiger partial charge in [-0.25, -0.2) is 4.79 Å². The number of aryl methyl sites for hydroxylation is 2. The third-order valence-corrected chi connectivity index (χ3v) is 4.74. The molecule has 1 atom stereocenters. The second kappa shape index (κ2) is 6.22. The summed E-state index contributed by atoms with van der Waals surface area (Å²) < 4.78 is 1.94. The quantitative estimate of drug-likeness (QED) is 0.852. The molecule has 7 nitrogen and oxygen atoms in total. The number of amides is 3. The van der Waals surface area contributed by atoms with Crippen LogP contribution in [0.2, 0.25) is 0 Å². The van der Waals surface area contributed by atoms with E-state index in [1.54, 1.807) is 0 Å². The monoisotopic (exact) mass is 319 g/mol. The zero-order valence-corrected chi connectivity index (χ0v) is 14.1. The van der Waals surface area contributed by atoms with E-state index < -0.39 is 0 Å². The minimum atomic E-state index is -0.219. The number of aromatic nitrogens is 2. The van der Waals surface area contributed by atoms with Crippen LogP contribution in [0.3, 0.4) is 0 Å². The third kappa shape index (κ3) is 3.33. The first-order valence-corrected chi connectivity index (χ1v) is 8.36. The average molecular weight is 319 g/mol. The number of rotatable bonds is 5. The van der Waals surface area contributed by atoms with Crippen molar-refractivity contribution >= 4 is 11.9 Å². The Morgan fingerprint density at radius 2 is 2.09 bits per heavy atom. The summed E-state index contributed by atoms with van der Waals surface area (Å²) in [5, 5.41) is 10.2. The summed E-state index contributed by atoms with van der Waals surface area (Å²) in [6.07, 6.45) is 2.62. The molecule has 3 amide bonds. The zero-order valence-electron chi connectivity index (χ0n) is 14.1. The molecule has 0 spiro atoms. The molecule has 2 aliphatic rings. The molecule has 1 aromatic heterocycles. The van der Waals surface area contributed by atoms with Gasteiger partial charge in [-0.05, 0) is 33.6 Å². The third-order valence-electron chi connectivity index (χ3n) is 4.74. The fourth-order valence-electron chi connectivity index (χ4n) is 3.27. The minimum absolute atomic E-state index is 0.0799. The van der Waals surface area contributed by atoms with Crippen molar-refractivity contribution < 1.29 is 9.59 Å². The number of nitrogens with one attached hydrogen (secondary N) is 2. The molecular weight excluding hydrogens is 294 g/mol. The van der Waals surface area contributed by atoms with Crippen LogP contribution in [0.5, 0.6) is 0 Å². The Kier molecular flexibility index (Phi) is 4.28. The number of likely N-dealkylation sites (tertiary alicyclic amines) is 1. The first-order chi connectivity index (χ1) is 11.0. The van der Waals surface area contributed by atoms with Crippen molar-refractivity contribution in [2.45, 2.75) is 65.2 Å². The summed E-state index contributed by atoms with van der Waals surface area (Å²) in [6, 6.07) is 0.120. The van der Waals surface area contributed by atoms with E-state index in [1.165, 1.54) is 0 Å². The van der Waals surface area contributed by atoms with Crippen LogP contribution in [0.1, 0.15) is 43.1 Å². The van der Waals surface area contributed by atoms with Gasteiger partial charge in [-0.3, -0.25) is 9.48 Å².